The molecule has 1 aliphatic carbocycles. The molecule has 1 aliphatic rings. The van der Waals surface area contributed by atoms with Gasteiger partial charge in [0, 0.05) is 10.7 Å². The quantitative estimate of drug-likeness (QED) is 0.805. The summed E-state index contributed by atoms with van der Waals surface area (Å²) in [5.74, 6) is 0.762. The second-order valence-electron chi connectivity index (χ2n) is 5.38. The monoisotopic (exact) mass is 271 g/mol. The first kappa shape index (κ1) is 12.6. The molecule has 1 fully saturated rings. The SMILES string of the molecule is Cc1ccc(C(Nc2ccc(Cl)cc2)C2CC2)cc1. The molecule has 1 atom stereocenters. The molecule has 2 aromatic rings. The summed E-state index contributed by atoms with van der Waals surface area (Å²) in [5, 5.41) is 4.43. The lowest BCUT2D eigenvalue weighted by atomic mass is 10.0. The standard InChI is InChI=1S/C17H18ClN/c1-12-2-4-13(5-3-12)17(14-6-7-14)19-16-10-8-15(18)9-11-16/h2-5,8-11,14,17,19H,6-7H2,1H3. The summed E-state index contributed by atoms with van der Waals surface area (Å²) in [5.41, 5.74) is 3.83. The highest BCUT2D eigenvalue weighted by molar-refractivity contribution is 6.30. The van der Waals surface area contributed by atoms with Crippen molar-refractivity contribution in [2.75, 3.05) is 5.32 Å². The largest absolute Gasteiger partial charge is 0.378 e. The summed E-state index contributed by atoms with van der Waals surface area (Å²) in [6, 6.07) is 17.2. The average molecular weight is 272 g/mol. The Morgan fingerprint density at radius 1 is 1.00 bits per heavy atom. The maximum atomic E-state index is 5.93. The van der Waals surface area contributed by atoms with E-state index in [-0.39, 0.29) is 0 Å². The van der Waals surface area contributed by atoms with Crippen LogP contribution in [0.4, 0.5) is 5.69 Å². The van der Waals surface area contributed by atoms with E-state index in [4.69, 9.17) is 11.6 Å². The van der Waals surface area contributed by atoms with Crippen LogP contribution in [0.15, 0.2) is 48.5 Å². The Kier molecular flexibility index (Phi) is 3.48. The molecule has 2 aromatic carbocycles. The van der Waals surface area contributed by atoms with Gasteiger partial charge in [0.05, 0.1) is 6.04 Å². The lowest BCUT2D eigenvalue weighted by Crippen LogP contribution is -2.12. The maximum absolute atomic E-state index is 5.93. The fraction of sp³-hybridized carbons (Fsp3) is 0.294. The Balaban J connectivity index is 1.81. The van der Waals surface area contributed by atoms with E-state index in [0.717, 1.165) is 16.6 Å². The summed E-state index contributed by atoms with van der Waals surface area (Å²) in [6.45, 7) is 2.13. The van der Waals surface area contributed by atoms with Crippen LogP contribution in [-0.2, 0) is 0 Å². The van der Waals surface area contributed by atoms with Crippen LogP contribution < -0.4 is 5.32 Å². The van der Waals surface area contributed by atoms with E-state index in [1.165, 1.54) is 24.0 Å². The summed E-state index contributed by atoms with van der Waals surface area (Å²) >= 11 is 5.93. The molecule has 19 heavy (non-hydrogen) atoms. The Morgan fingerprint density at radius 3 is 2.21 bits per heavy atom. The van der Waals surface area contributed by atoms with Gasteiger partial charge >= 0.3 is 0 Å². The smallest absolute Gasteiger partial charge is 0.0542 e. The molecule has 98 valence electrons. The van der Waals surface area contributed by atoms with Crippen molar-refractivity contribution in [2.45, 2.75) is 25.8 Å². The summed E-state index contributed by atoms with van der Waals surface area (Å²) in [7, 11) is 0. The van der Waals surface area contributed by atoms with Crippen LogP contribution in [0.1, 0.15) is 30.0 Å². The van der Waals surface area contributed by atoms with Gasteiger partial charge in [0.1, 0.15) is 0 Å². The van der Waals surface area contributed by atoms with E-state index >= 15 is 0 Å². The van der Waals surface area contributed by atoms with Gasteiger partial charge in [-0.3, -0.25) is 0 Å². The number of benzene rings is 2. The molecule has 1 saturated carbocycles. The first-order chi connectivity index (χ1) is 9.22. The van der Waals surface area contributed by atoms with Gasteiger partial charge in [0.2, 0.25) is 0 Å². The molecule has 1 N–H and O–H groups in total. The minimum Gasteiger partial charge on any atom is -0.378 e. The summed E-state index contributed by atoms with van der Waals surface area (Å²) in [6.07, 6.45) is 2.64. The van der Waals surface area contributed by atoms with E-state index in [2.05, 4.69) is 36.5 Å². The Labute approximate surface area is 119 Å². The molecule has 0 aromatic heterocycles. The molecule has 0 amide bonds. The van der Waals surface area contributed by atoms with Gasteiger partial charge in [-0.15, -0.1) is 0 Å². The van der Waals surface area contributed by atoms with Crippen molar-refractivity contribution in [1.29, 1.82) is 0 Å². The first-order valence-electron chi connectivity index (χ1n) is 6.81. The molecule has 1 unspecified atom stereocenters. The highest BCUT2D eigenvalue weighted by atomic mass is 35.5. The highest BCUT2D eigenvalue weighted by Crippen LogP contribution is 2.42. The Hall–Kier alpha value is -1.47. The van der Waals surface area contributed by atoms with Crippen LogP contribution in [-0.4, -0.2) is 0 Å². The Morgan fingerprint density at radius 2 is 1.63 bits per heavy atom. The van der Waals surface area contributed by atoms with E-state index in [0.29, 0.717) is 6.04 Å². The van der Waals surface area contributed by atoms with E-state index in [1.54, 1.807) is 0 Å². The van der Waals surface area contributed by atoms with E-state index < -0.39 is 0 Å². The van der Waals surface area contributed by atoms with Crippen molar-refractivity contribution >= 4 is 17.3 Å². The van der Waals surface area contributed by atoms with Crippen molar-refractivity contribution in [3.8, 4) is 0 Å². The molecule has 0 heterocycles. The topological polar surface area (TPSA) is 12.0 Å². The van der Waals surface area contributed by atoms with Crippen molar-refractivity contribution in [3.05, 3.63) is 64.7 Å². The molecule has 0 bridgehead atoms. The van der Waals surface area contributed by atoms with Crippen LogP contribution in [0.25, 0.3) is 0 Å². The van der Waals surface area contributed by atoms with E-state index in [9.17, 15) is 0 Å². The van der Waals surface area contributed by atoms with Gasteiger partial charge < -0.3 is 5.32 Å². The fourth-order valence-electron chi connectivity index (χ4n) is 2.40. The third-order valence-electron chi connectivity index (χ3n) is 3.70. The number of hydrogen-bond acceptors (Lipinski definition) is 1. The number of hydrogen-bond donors (Lipinski definition) is 1. The zero-order valence-electron chi connectivity index (χ0n) is 11.1. The number of anilines is 1. The first-order valence-corrected chi connectivity index (χ1v) is 7.19. The van der Waals surface area contributed by atoms with Crippen LogP contribution in [0.5, 0.6) is 0 Å². The number of rotatable bonds is 4. The normalized spacial score (nSPS) is 16.1. The summed E-state index contributed by atoms with van der Waals surface area (Å²) in [4.78, 5) is 0. The lowest BCUT2D eigenvalue weighted by Gasteiger charge is -2.20. The molecule has 3 rings (SSSR count). The van der Waals surface area contributed by atoms with Gasteiger partial charge in [-0.05, 0) is 55.5 Å². The lowest BCUT2D eigenvalue weighted by molar-refractivity contribution is 0.679. The number of aryl methyl sites for hydroxylation is 1. The van der Waals surface area contributed by atoms with Crippen molar-refractivity contribution in [1.82, 2.24) is 0 Å². The van der Waals surface area contributed by atoms with Gasteiger partial charge in [0.15, 0.2) is 0 Å². The van der Waals surface area contributed by atoms with Gasteiger partial charge in [0.25, 0.3) is 0 Å². The van der Waals surface area contributed by atoms with Gasteiger partial charge in [-0.2, -0.15) is 0 Å². The number of halogens is 1. The molecule has 0 saturated heterocycles. The van der Waals surface area contributed by atoms with Crippen LogP contribution in [0.2, 0.25) is 5.02 Å². The van der Waals surface area contributed by atoms with Crippen molar-refractivity contribution in [3.63, 3.8) is 0 Å². The fourth-order valence-corrected chi connectivity index (χ4v) is 2.53. The maximum Gasteiger partial charge on any atom is 0.0542 e. The Bertz CT molecular complexity index is 540. The second kappa shape index (κ2) is 5.26. The predicted molar refractivity (Wildman–Crippen MR) is 81.7 cm³/mol. The number of nitrogens with one attached hydrogen (secondary N) is 1. The average Bonchev–Trinajstić information content (AvgIpc) is 3.24. The molecule has 2 heteroatoms. The molecule has 0 radical (unpaired) electrons. The van der Waals surface area contributed by atoms with Crippen LogP contribution in [0.3, 0.4) is 0 Å². The molecular formula is C17H18ClN. The zero-order valence-corrected chi connectivity index (χ0v) is 11.8. The van der Waals surface area contributed by atoms with Gasteiger partial charge in [-0.1, -0.05) is 41.4 Å². The third kappa shape index (κ3) is 3.10. The zero-order chi connectivity index (χ0) is 13.2. The van der Waals surface area contributed by atoms with Crippen molar-refractivity contribution < 1.29 is 0 Å². The molecule has 0 spiro atoms. The molecule has 0 aliphatic heterocycles. The minimum absolute atomic E-state index is 0.418. The molecule has 1 nitrogen and oxygen atoms in total. The summed E-state index contributed by atoms with van der Waals surface area (Å²) < 4.78 is 0. The predicted octanol–water partition coefficient (Wildman–Crippen LogP) is 5.21. The second-order valence-corrected chi connectivity index (χ2v) is 5.81. The van der Waals surface area contributed by atoms with Gasteiger partial charge in [-0.25, -0.2) is 0 Å². The minimum atomic E-state index is 0.418. The van der Waals surface area contributed by atoms with Crippen LogP contribution >= 0.6 is 11.6 Å². The van der Waals surface area contributed by atoms with E-state index in [1.807, 2.05) is 24.3 Å². The molecular weight excluding hydrogens is 254 g/mol. The highest BCUT2D eigenvalue weighted by Gasteiger charge is 2.32. The van der Waals surface area contributed by atoms with Crippen LogP contribution in [0, 0.1) is 12.8 Å². The third-order valence-corrected chi connectivity index (χ3v) is 3.95. The van der Waals surface area contributed by atoms with Crippen molar-refractivity contribution in [2.24, 2.45) is 5.92 Å².